The second-order valence-electron chi connectivity index (χ2n) is 9.17. The summed E-state index contributed by atoms with van der Waals surface area (Å²) >= 11 is 12.6. The number of hydrogen-bond donors (Lipinski definition) is 1. The zero-order valence-electron chi connectivity index (χ0n) is 19.5. The molecule has 172 valence electrons. The Bertz CT molecular complexity index is 1240. The minimum Gasteiger partial charge on any atom is -0.494 e. The van der Waals surface area contributed by atoms with Crippen LogP contribution in [0.25, 0.3) is 16.7 Å². The Kier molecular flexibility index (Phi) is 6.87. The van der Waals surface area contributed by atoms with Crippen LogP contribution in [0.4, 0.5) is 5.95 Å². The van der Waals surface area contributed by atoms with E-state index in [1.54, 1.807) is 6.07 Å². The molecule has 0 fully saturated rings. The SMILES string of the molecule is CCCOc1ccc(-n2c(NCc3ccc(C(C)(C)C)cc3)nc3cc(Cl)c(Cl)cc32)cc1. The number of anilines is 1. The minimum atomic E-state index is 0.130. The molecule has 0 aliphatic rings. The number of halogens is 2. The lowest BCUT2D eigenvalue weighted by Gasteiger charge is -2.19. The highest BCUT2D eigenvalue weighted by atomic mass is 35.5. The molecule has 1 aromatic heterocycles. The fourth-order valence-electron chi connectivity index (χ4n) is 3.67. The van der Waals surface area contributed by atoms with E-state index in [0.29, 0.717) is 23.2 Å². The molecule has 0 unspecified atom stereocenters. The summed E-state index contributed by atoms with van der Waals surface area (Å²) in [5.41, 5.74) is 5.25. The summed E-state index contributed by atoms with van der Waals surface area (Å²) in [6, 6.07) is 20.4. The molecule has 4 rings (SSSR count). The first-order chi connectivity index (χ1) is 15.8. The standard InChI is InChI=1S/C27H29Cl2N3O/c1-5-14-33-21-12-10-20(11-13-21)32-25-16-23(29)22(28)15-24(25)31-26(32)30-17-18-6-8-19(9-7-18)27(2,3)4/h6-13,15-16H,5,14,17H2,1-4H3,(H,30,31). The van der Waals surface area contributed by atoms with Gasteiger partial charge in [-0.1, -0.05) is 75.2 Å². The smallest absolute Gasteiger partial charge is 0.208 e. The van der Waals surface area contributed by atoms with Crippen LogP contribution in [-0.2, 0) is 12.0 Å². The number of aromatic nitrogens is 2. The maximum absolute atomic E-state index is 6.35. The van der Waals surface area contributed by atoms with Gasteiger partial charge in [-0.25, -0.2) is 4.98 Å². The highest BCUT2D eigenvalue weighted by Crippen LogP contribution is 2.32. The van der Waals surface area contributed by atoms with Crippen molar-refractivity contribution < 1.29 is 4.74 Å². The summed E-state index contributed by atoms with van der Waals surface area (Å²) in [5, 5.41) is 4.48. The van der Waals surface area contributed by atoms with Gasteiger partial charge in [0, 0.05) is 12.2 Å². The van der Waals surface area contributed by atoms with E-state index >= 15 is 0 Å². The van der Waals surface area contributed by atoms with Gasteiger partial charge < -0.3 is 10.1 Å². The average molecular weight is 482 g/mol. The van der Waals surface area contributed by atoms with E-state index in [4.69, 9.17) is 32.9 Å². The number of imidazole rings is 1. The molecule has 33 heavy (non-hydrogen) atoms. The maximum Gasteiger partial charge on any atom is 0.208 e. The lowest BCUT2D eigenvalue weighted by Crippen LogP contribution is -2.11. The van der Waals surface area contributed by atoms with Crippen LogP contribution in [0, 0.1) is 0 Å². The van der Waals surface area contributed by atoms with Gasteiger partial charge in [0.05, 0.1) is 27.7 Å². The molecule has 1 heterocycles. The van der Waals surface area contributed by atoms with E-state index in [2.05, 4.69) is 61.8 Å². The van der Waals surface area contributed by atoms with E-state index in [-0.39, 0.29) is 5.41 Å². The van der Waals surface area contributed by atoms with Gasteiger partial charge in [0.15, 0.2) is 0 Å². The summed E-state index contributed by atoms with van der Waals surface area (Å²) < 4.78 is 7.80. The van der Waals surface area contributed by atoms with Crippen LogP contribution in [0.15, 0.2) is 60.7 Å². The number of nitrogens with one attached hydrogen (secondary N) is 1. The molecule has 0 saturated heterocycles. The zero-order valence-corrected chi connectivity index (χ0v) is 21.0. The van der Waals surface area contributed by atoms with Crippen molar-refractivity contribution in [3.05, 3.63) is 81.8 Å². The average Bonchev–Trinajstić information content (AvgIpc) is 3.13. The number of hydrogen-bond acceptors (Lipinski definition) is 3. The summed E-state index contributed by atoms with van der Waals surface area (Å²) in [5.74, 6) is 1.57. The van der Waals surface area contributed by atoms with Crippen LogP contribution < -0.4 is 10.1 Å². The van der Waals surface area contributed by atoms with Crippen LogP contribution in [0.3, 0.4) is 0 Å². The van der Waals surface area contributed by atoms with Crippen molar-refractivity contribution in [2.24, 2.45) is 0 Å². The quantitative estimate of drug-likeness (QED) is 0.290. The second kappa shape index (κ2) is 9.66. The predicted octanol–water partition coefficient (Wildman–Crippen LogP) is 8.03. The zero-order chi connectivity index (χ0) is 23.6. The van der Waals surface area contributed by atoms with Gasteiger partial charge in [-0.05, 0) is 59.4 Å². The van der Waals surface area contributed by atoms with Crippen molar-refractivity contribution in [1.82, 2.24) is 9.55 Å². The van der Waals surface area contributed by atoms with Crippen molar-refractivity contribution >= 4 is 40.2 Å². The van der Waals surface area contributed by atoms with Crippen LogP contribution in [-0.4, -0.2) is 16.2 Å². The Labute approximate surface area is 205 Å². The molecular formula is C27H29Cl2N3O. The van der Waals surface area contributed by atoms with Crippen molar-refractivity contribution in [3.8, 4) is 11.4 Å². The topological polar surface area (TPSA) is 39.1 Å². The molecule has 0 radical (unpaired) electrons. The molecule has 4 nitrogen and oxygen atoms in total. The van der Waals surface area contributed by atoms with E-state index < -0.39 is 0 Å². The van der Waals surface area contributed by atoms with Gasteiger partial charge in [-0.15, -0.1) is 0 Å². The molecule has 3 aromatic carbocycles. The fraction of sp³-hybridized carbons (Fsp3) is 0.296. The minimum absolute atomic E-state index is 0.130. The lowest BCUT2D eigenvalue weighted by molar-refractivity contribution is 0.317. The Balaban J connectivity index is 1.67. The Morgan fingerprint density at radius 3 is 2.24 bits per heavy atom. The first kappa shape index (κ1) is 23.5. The van der Waals surface area contributed by atoms with Crippen LogP contribution >= 0.6 is 23.2 Å². The summed E-state index contributed by atoms with van der Waals surface area (Å²) in [6.07, 6.45) is 0.970. The van der Waals surface area contributed by atoms with Crippen molar-refractivity contribution in [2.75, 3.05) is 11.9 Å². The molecular weight excluding hydrogens is 453 g/mol. The summed E-state index contributed by atoms with van der Waals surface area (Å²) in [6.45, 7) is 10.1. The van der Waals surface area contributed by atoms with Crippen molar-refractivity contribution in [2.45, 2.75) is 46.1 Å². The van der Waals surface area contributed by atoms with Gasteiger partial charge in [-0.3, -0.25) is 4.57 Å². The van der Waals surface area contributed by atoms with Crippen LogP contribution in [0.2, 0.25) is 10.0 Å². The van der Waals surface area contributed by atoms with Gasteiger partial charge in [0.1, 0.15) is 5.75 Å². The molecule has 0 atom stereocenters. The van der Waals surface area contributed by atoms with Crippen molar-refractivity contribution in [3.63, 3.8) is 0 Å². The Hall–Kier alpha value is -2.69. The molecule has 1 N–H and O–H groups in total. The number of rotatable bonds is 7. The molecule has 0 amide bonds. The molecule has 0 bridgehead atoms. The normalized spacial score (nSPS) is 11.7. The number of benzene rings is 3. The summed E-state index contributed by atoms with van der Waals surface area (Å²) in [4.78, 5) is 4.81. The first-order valence-corrected chi connectivity index (χ1v) is 12.0. The third kappa shape index (κ3) is 5.29. The van der Waals surface area contributed by atoms with E-state index in [9.17, 15) is 0 Å². The Morgan fingerprint density at radius 2 is 1.61 bits per heavy atom. The molecule has 0 aliphatic heterocycles. The molecule has 4 aromatic rings. The van der Waals surface area contributed by atoms with E-state index in [1.807, 2.05) is 30.3 Å². The van der Waals surface area contributed by atoms with Gasteiger partial charge in [0.25, 0.3) is 0 Å². The number of nitrogens with zero attached hydrogens (tertiary/aromatic N) is 2. The monoisotopic (exact) mass is 481 g/mol. The molecule has 0 aliphatic carbocycles. The van der Waals surface area contributed by atoms with Crippen LogP contribution in [0.5, 0.6) is 5.75 Å². The molecule has 0 saturated carbocycles. The van der Waals surface area contributed by atoms with E-state index in [1.165, 1.54) is 11.1 Å². The number of ether oxygens (including phenoxy) is 1. The number of fused-ring (bicyclic) bond motifs is 1. The summed E-state index contributed by atoms with van der Waals surface area (Å²) in [7, 11) is 0. The second-order valence-corrected chi connectivity index (χ2v) is 9.98. The highest BCUT2D eigenvalue weighted by molar-refractivity contribution is 6.42. The predicted molar refractivity (Wildman–Crippen MR) is 139 cm³/mol. The largest absolute Gasteiger partial charge is 0.494 e. The first-order valence-electron chi connectivity index (χ1n) is 11.2. The van der Waals surface area contributed by atoms with Crippen molar-refractivity contribution in [1.29, 1.82) is 0 Å². The lowest BCUT2D eigenvalue weighted by atomic mass is 9.87. The fourth-order valence-corrected chi connectivity index (χ4v) is 3.98. The van der Waals surface area contributed by atoms with Gasteiger partial charge in [0.2, 0.25) is 5.95 Å². The Morgan fingerprint density at radius 1 is 0.939 bits per heavy atom. The third-order valence-corrected chi connectivity index (χ3v) is 6.26. The van der Waals surface area contributed by atoms with Gasteiger partial charge in [-0.2, -0.15) is 0 Å². The van der Waals surface area contributed by atoms with Crippen LogP contribution in [0.1, 0.15) is 45.2 Å². The third-order valence-electron chi connectivity index (χ3n) is 5.53. The van der Waals surface area contributed by atoms with E-state index in [0.717, 1.165) is 34.8 Å². The molecule has 6 heteroatoms. The highest BCUT2D eigenvalue weighted by Gasteiger charge is 2.16. The maximum atomic E-state index is 6.35. The van der Waals surface area contributed by atoms with Gasteiger partial charge >= 0.3 is 0 Å². The molecule has 0 spiro atoms.